The molecule has 1 unspecified atom stereocenters. The average molecular weight is 332 g/mol. The molecule has 0 aliphatic carbocycles. The number of halogens is 1. The lowest BCUT2D eigenvalue weighted by molar-refractivity contribution is -0.142. The summed E-state index contributed by atoms with van der Waals surface area (Å²) in [6.07, 6.45) is 0.573. The van der Waals surface area contributed by atoms with Gasteiger partial charge in [0.15, 0.2) is 6.79 Å². The SMILES string of the molecule is COC(=O)C(N)CCSCc1cc(Cl)cc2c1OCOC2. The zero-order valence-corrected chi connectivity index (χ0v) is 13.3. The topological polar surface area (TPSA) is 70.8 Å². The number of carbonyl (C=O) groups excluding carboxylic acids is 1. The Bertz CT molecular complexity index is 512. The molecule has 7 heteroatoms. The third-order valence-electron chi connectivity index (χ3n) is 3.09. The molecule has 1 aliphatic rings. The summed E-state index contributed by atoms with van der Waals surface area (Å²) in [7, 11) is 1.34. The van der Waals surface area contributed by atoms with Crippen LogP contribution in [-0.2, 0) is 26.6 Å². The second kappa shape index (κ2) is 7.89. The Balaban J connectivity index is 1.89. The van der Waals surface area contributed by atoms with Crippen LogP contribution in [0.4, 0.5) is 0 Å². The molecular formula is C14H18ClNO4S. The maximum atomic E-state index is 11.2. The highest BCUT2D eigenvalue weighted by atomic mass is 35.5. The molecule has 0 bridgehead atoms. The summed E-state index contributed by atoms with van der Waals surface area (Å²) in [6.45, 7) is 0.778. The van der Waals surface area contributed by atoms with Crippen LogP contribution >= 0.6 is 23.4 Å². The van der Waals surface area contributed by atoms with Gasteiger partial charge in [0.05, 0.1) is 13.7 Å². The predicted octanol–water partition coefficient (Wildman–Crippen LogP) is 2.33. The number of rotatable bonds is 6. The summed E-state index contributed by atoms with van der Waals surface area (Å²) in [6, 6.07) is 3.19. The molecule has 0 aromatic heterocycles. The van der Waals surface area contributed by atoms with Gasteiger partial charge in [0, 0.05) is 21.9 Å². The monoisotopic (exact) mass is 331 g/mol. The van der Waals surface area contributed by atoms with E-state index in [4.69, 9.17) is 26.8 Å². The highest BCUT2D eigenvalue weighted by Gasteiger charge is 2.17. The molecule has 0 saturated heterocycles. The number of nitrogens with two attached hydrogens (primary N) is 1. The summed E-state index contributed by atoms with van der Waals surface area (Å²) in [4.78, 5) is 11.2. The van der Waals surface area contributed by atoms with Gasteiger partial charge in [0.25, 0.3) is 0 Å². The first-order chi connectivity index (χ1) is 10.1. The van der Waals surface area contributed by atoms with Crippen molar-refractivity contribution < 1.29 is 19.0 Å². The molecule has 1 heterocycles. The Morgan fingerprint density at radius 1 is 1.57 bits per heavy atom. The smallest absolute Gasteiger partial charge is 0.322 e. The van der Waals surface area contributed by atoms with Crippen molar-refractivity contribution in [3.8, 4) is 5.75 Å². The van der Waals surface area contributed by atoms with Gasteiger partial charge in [-0.1, -0.05) is 11.6 Å². The molecule has 0 spiro atoms. The molecule has 1 aliphatic heterocycles. The average Bonchev–Trinajstić information content (AvgIpc) is 2.50. The fourth-order valence-electron chi connectivity index (χ4n) is 2.03. The summed E-state index contributed by atoms with van der Waals surface area (Å²) < 4.78 is 15.4. The van der Waals surface area contributed by atoms with Crippen LogP contribution in [0.25, 0.3) is 0 Å². The number of thioether (sulfide) groups is 1. The maximum absolute atomic E-state index is 11.2. The molecule has 5 nitrogen and oxygen atoms in total. The Morgan fingerprint density at radius 3 is 3.14 bits per heavy atom. The molecule has 1 atom stereocenters. The maximum Gasteiger partial charge on any atom is 0.322 e. The number of carbonyl (C=O) groups is 1. The molecule has 0 radical (unpaired) electrons. The van der Waals surface area contributed by atoms with Crippen LogP contribution in [-0.4, -0.2) is 31.7 Å². The van der Waals surface area contributed by atoms with Crippen LogP contribution in [0.2, 0.25) is 5.02 Å². The van der Waals surface area contributed by atoms with Crippen LogP contribution in [0.15, 0.2) is 12.1 Å². The number of ether oxygens (including phenoxy) is 3. The zero-order chi connectivity index (χ0) is 15.2. The number of benzene rings is 1. The molecule has 1 aromatic rings. The van der Waals surface area contributed by atoms with E-state index in [1.165, 1.54) is 7.11 Å². The molecular weight excluding hydrogens is 314 g/mol. The van der Waals surface area contributed by atoms with Crippen LogP contribution in [0.3, 0.4) is 0 Å². The van der Waals surface area contributed by atoms with Crippen LogP contribution < -0.4 is 10.5 Å². The third-order valence-corrected chi connectivity index (χ3v) is 4.34. The lowest BCUT2D eigenvalue weighted by Crippen LogP contribution is -2.31. The molecule has 116 valence electrons. The summed E-state index contributed by atoms with van der Waals surface area (Å²) in [5.41, 5.74) is 7.70. The van der Waals surface area contributed by atoms with Crippen molar-refractivity contribution in [3.05, 3.63) is 28.3 Å². The van der Waals surface area contributed by atoms with Crippen molar-refractivity contribution in [1.29, 1.82) is 0 Å². The first-order valence-corrected chi connectivity index (χ1v) is 8.08. The van der Waals surface area contributed by atoms with E-state index in [0.717, 1.165) is 28.4 Å². The molecule has 21 heavy (non-hydrogen) atoms. The molecule has 0 fully saturated rings. The van der Waals surface area contributed by atoms with E-state index in [9.17, 15) is 4.79 Å². The number of methoxy groups -OCH3 is 1. The van der Waals surface area contributed by atoms with Crippen LogP contribution in [0.5, 0.6) is 5.75 Å². The number of hydrogen-bond acceptors (Lipinski definition) is 6. The van der Waals surface area contributed by atoms with E-state index in [0.29, 0.717) is 18.1 Å². The van der Waals surface area contributed by atoms with Gasteiger partial charge in [0.2, 0.25) is 0 Å². The van der Waals surface area contributed by atoms with E-state index < -0.39 is 6.04 Å². The van der Waals surface area contributed by atoms with Gasteiger partial charge in [-0.2, -0.15) is 11.8 Å². The van der Waals surface area contributed by atoms with Crippen molar-refractivity contribution in [2.75, 3.05) is 19.7 Å². The third kappa shape index (κ3) is 4.51. The standard InChI is InChI=1S/C14H18ClNO4S/c1-18-14(17)12(16)2-3-21-7-10-5-11(15)4-9-6-19-8-20-13(9)10/h4-5,12H,2-3,6-8,16H2,1H3. The fourth-order valence-corrected chi connectivity index (χ4v) is 3.29. The first kappa shape index (κ1) is 16.4. The van der Waals surface area contributed by atoms with Crippen LogP contribution in [0.1, 0.15) is 17.5 Å². The molecule has 2 rings (SSSR count). The lowest BCUT2D eigenvalue weighted by atomic mass is 10.1. The summed E-state index contributed by atoms with van der Waals surface area (Å²) >= 11 is 7.78. The van der Waals surface area contributed by atoms with Gasteiger partial charge in [-0.25, -0.2) is 0 Å². The normalized spacial score (nSPS) is 15.0. The van der Waals surface area contributed by atoms with Crippen molar-refractivity contribution in [1.82, 2.24) is 0 Å². The molecule has 0 amide bonds. The molecule has 1 aromatic carbocycles. The lowest BCUT2D eigenvalue weighted by Gasteiger charge is -2.21. The van der Waals surface area contributed by atoms with Crippen molar-refractivity contribution in [3.63, 3.8) is 0 Å². The predicted molar refractivity (Wildman–Crippen MR) is 82.5 cm³/mol. The van der Waals surface area contributed by atoms with E-state index in [-0.39, 0.29) is 12.8 Å². The highest BCUT2D eigenvalue weighted by molar-refractivity contribution is 7.98. The second-order valence-corrected chi connectivity index (χ2v) is 6.18. The Labute approximate surface area is 133 Å². The molecule has 0 saturated carbocycles. The second-order valence-electron chi connectivity index (χ2n) is 4.63. The number of fused-ring (bicyclic) bond motifs is 1. The van der Waals surface area contributed by atoms with E-state index in [2.05, 4.69) is 4.74 Å². The first-order valence-electron chi connectivity index (χ1n) is 6.55. The number of hydrogen-bond donors (Lipinski definition) is 1. The zero-order valence-electron chi connectivity index (χ0n) is 11.8. The van der Waals surface area contributed by atoms with Gasteiger partial charge in [-0.15, -0.1) is 0 Å². The van der Waals surface area contributed by atoms with Crippen LogP contribution in [0, 0.1) is 0 Å². The Morgan fingerprint density at radius 2 is 2.38 bits per heavy atom. The van der Waals surface area contributed by atoms with E-state index >= 15 is 0 Å². The van der Waals surface area contributed by atoms with Gasteiger partial charge in [-0.05, 0) is 24.3 Å². The van der Waals surface area contributed by atoms with Gasteiger partial charge in [0.1, 0.15) is 11.8 Å². The molecule has 2 N–H and O–H groups in total. The van der Waals surface area contributed by atoms with Crippen molar-refractivity contribution in [2.24, 2.45) is 5.73 Å². The number of esters is 1. The van der Waals surface area contributed by atoms with Crippen molar-refractivity contribution in [2.45, 2.75) is 24.8 Å². The quantitative estimate of drug-likeness (QED) is 0.637. The minimum atomic E-state index is -0.569. The largest absolute Gasteiger partial charge is 0.468 e. The minimum Gasteiger partial charge on any atom is -0.468 e. The Kier molecular flexibility index (Phi) is 6.17. The summed E-state index contributed by atoms with van der Waals surface area (Å²) in [5.74, 6) is 1.98. The van der Waals surface area contributed by atoms with Gasteiger partial charge in [-0.3, -0.25) is 4.79 Å². The van der Waals surface area contributed by atoms with E-state index in [1.807, 2.05) is 12.1 Å². The fraction of sp³-hybridized carbons (Fsp3) is 0.500. The van der Waals surface area contributed by atoms with Gasteiger partial charge >= 0.3 is 5.97 Å². The minimum absolute atomic E-state index is 0.263. The van der Waals surface area contributed by atoms with E-state index in [1.54, 1.807) is 11.8 Å². The summed E-state index contributed by atoms with van der Waals surface area (Å²) in [5, 5.41) is 0.671. The van der Waals surface area contributed by atoms with Gasteiger partial charge < -0.3 is 19.9 Å². The van der Waals surface area contributed by atoms with Crippen molar-refractivity contribution >= 4 is 29.3 Å². The highest BCUT2D eigenvalue weighted by Crippen LogP contribution is 2.33. The Hall–Kier alpha value is -0.950.